The number of nitrogens with two attached hydrogens (primary N) is 1. The highest BCUT2D eigenvalue weighted by molar-refractivity contribution is 6.34. The van der Waals surface area contributed by atoms with Gasteiger partial charge in [0.1, 0.15) is 5.75 Å². The molecule has 0 amide bonds. The van der Waals surface area contributed by atoms with Gasteiger partial charge in [0.25, 0.3) is 0 Å². The molecular weight excluding hydrogens is 291 g/mol. The highest BCUT2D eigenvalue weighted by atomic mass is 35.5. The molecule has 1 heterocycles. The van der Waals surface area contributed by atoms with E-state index < -0.39 is 0 Å². The first-order valence-electron chi connectivity index (χ1n) is 5.03. The Morgan fingerprint density at radius 1 is 1.26 bits per heavy atom. The van der Waals surface area contributed by atoms with E-state index in [9.17, 15) is 0 Å². The van der Waals surface area contributed by atoms with Crippen LogP contribution in [0.25, 0.3) is 0 Å². The number of amidine groups is 1. The molecule has 0 aliphatic rings. The predicted molar refractivity (Wildman–Crippen MR) is 71.1 cm³/mol. The third kappa shape index (κ3) is 3.24. The van der Waals surface area contributed by atoms with Crippen LogP contribution in [-0.2, 0) is 0 Å². The minimum Gasteiger partial charge on any atom is -0.437 e. The van der Waals surface area contributed by atoms with Crippen molar-refractivity contribution in [1.29, 1.82) is 0 Å². The number of oxime groups is 1. The van der Waals surface area contributed by atoms with Crippen LogP contribution in [0.5, 0.6) is 11.6 Å². The minimum atomic E-state index is -0.141. The Kier molecular flexibility index (Phi) is 4.03. The lowest BCUT2D eigenvalue weighted by Crippen LogP contribution is -2.15. The van der Waals surface area contributed by atoms with Crippen molar-refractivity contribution in [2.45, 2.75) is 0 Å². The first-order chi connectivity index (χ1) is 9.10. The zero-order chi connectivity index (χ0) is 13.8. The maximum Gasteiger partial charge on any atom is 0.250 e. The van der Waals surface area contributed by atoms with Gasteiger partial charge >= 0.3 is 0 Å². The van der Waals surface area contributed by atoms with Gasteiger partial charge in [-0.2, -0.15) is 5.10 Å². The van der Waals surface area contributed by atoms with E-state index in [-0.39, 0.29) is 11.7 Å². The SMILES string of the molecule is N/C(=N/O)c1ccnnc1Oc1cc(Cl)cc(Cl)c1. The van der Waals surface area contributed by atoms with Gasteiger partial charge in [0.05, 0.1) is 11.8 Å². The van der Waals surface area contributed by atoms with Crippen LogP contribution in [0, 0.1) is 0 Å². The molecule has 1 aromatic carbocycles. The van der Waals surface area contributed by atoms with Crippen molar-refractivity contribution in [2.24, 2.45) is 10.9 Å². The lowest BCUT2D eigenvalue weighted by molar-refractivity contribution is 0.318. The van der Waals surface area contributed by atoms with Crippen molar-refractivity contribution < 1.29 is 9.94 Å². The van der Waals surface area contributed by atoms with Crippen LogP contribution in [0.2, 0.25) is 10.0 Å². The number of halogens is 2. The minimum absolute atomic E-state index is 0.0798. The van der Waals surface area contributed by atoms with Crippen LogP contribution < -0.4 is 10.5 Å². The maximum absolute atomic E-state index is 8.68. The van der Waals surface area contributed by atoms with E-state index in [1.54, 1.807) is 18.2 Å². The molecule has 0 atom stereocenters. The summed E-state index contributed by atoms with van der Waals surface area (Å²) < 4.78 is 5.48. The van der Waals surface area contributed by atoms with Crippen molar-refractivity contribution in [1.82, 2.24) is 10.2 Å². The standard InChI is InChI=1S/C11H8Cl2N4O2/c12-6-3-7(13)5-8(4-6)19-11-9(10(14)17-18)1-2-15-16-11/h1-5,18H,(H2,14,17). The molecule has 0 spiro atoms. The van der Waals surface area contributed by atoms with Crippen molar-refractivity contribution >= 4 is 29.0 Å². The Bertz CT molecular complexity index is 614. The van der Waals surface area contributed by atoms with Gasteiger partial charge in [0.15, 0.2) is 5.84 Å². The fourth-order valence-electron chi connectivity index (χ4n) is 1.34. The van der Waals surface area contributed by atoms with Crippen molar-refractivity contribution in [2.75, 3.05) is 0 Å². The molecule has 8 heteroatoms. The summed E-state index contributed by atoms with van der Waals surface area (Å²) in [5, 5.41) is 19.8. The number of ether oxygens (including phenoxy) is 1. The third-order valence-electron chi connectivity index (χ3n) is 2.12. The molecular formula is C11H8Cl2N4O2. The fourth-order valence-corrected chi connectivity index (χ4v) is 1.85. The van der Waals surface area contributed by atoms with Gasteiger partial charge in [0.2, 0.25) is 5.88 Å². The molecule has 0 aliphatic carbocycles. The summed E-state index contributed by atoms with van der Waals surface area (Å²) in [5.41, 5.74) is 5.81. The Morgan fingerprint density at radius 3 is 2.58 bits per heavy atom. The zero-order valence-electron chi connectivity index (χ0n) is 9.42. The van der Waals surface area contributed by atoms with Crippen LogP contribution in [0.15, 0.2) is 35.6 Å². The van der Waals surface area contributed by atoms with Crippen LogP contribution >= 0.6 is 23.2 Å². The second-order valence-electron chi connectivity index (χ2n) is 3.44. The number of benzene rings is 1. The monoisotopic (exact) mass is 298 g/mol. The maximum atomic E-state index is 8.68. The Hall–Kier alpha value is -2.05. The highest BCUT2D eigenvalue weighted by Crippen LogP contribution is 2.28. The Morgan fingerprint density at radius 2 is 1.95 bits per heavy atom. The van der Waals surface area contributed by atoms with Crippen LogP contribution in [0.3, 0.4) is 0 Å². The van der Waals surface area contributed by atoms with Gasteiger partial charge in [-0.05, 0) is 24.3 Å². The van der Waals surface area contributed by atoms with E-state index >= 15 is 0 Å². The predicted octanol–water partition coefficient (Wildman–Crippen LogP) is 2.67. The molecule has 0 unspecified atom stereocenters. The number of hydrogen-bond acceptors (Lipinski definition) is 5. The largest absolute Gasteiger partial charge is 0.437 e. The van der Waals surface area contributed by atoms with Crippen molar-refractivity contribution in [3.05, 3.63) is 46.1 Å². The summed E-state index contributed by atoms with van der Waals surface area (Å²) in [7, 11) is 0. The molecule has 2 rings (SSSR count). The summed E-state index contributed by atoms with van der Waals surface area (Å²) in [6.45, 7) is 0. The average Bonchev–Trinajstić information content (AvgIpc) is 2.37. The summed E-state index contributed by atoms with van der Waals surface area (Å²) in [6.07, 6.45) is 1.39. The number of nitrogens with zero attached hydrogens (tertiary/aromatic N) is 3. The summed E-state index contributed by atoms with van der Waals surface area (Å²) >= 11 is 11.7. The third-order valence-corrected chi connectivity index (χ3v) is 2.56. The molecule has 2 aromatic rings. The summed E-state index contributed by atoms with van der Waals surface area (Å²) in [6, 6.07) is 6.18. The highest BCUT2D eigenvalue weighted by Gasteiger charge is 2.11. The molecule has 19 heavy (non-hydrogen) atoms. The number of hydrogen-bond donors (Lipinski definition) is 2. The fraction of sp³-hybridized carbons (Fsp3) is 0. The molecule has 98 valence electrons. The van der Waals surface area contributed by atoms with Gasteiger partial charge < -0.3 is 15.7 Å². The van der Waals surface area contributed by atoms with E-state index in [2.05, 4.69) is 15.4 Å². The lowest BCUT2D eigenvalue weighted by Gasteiger charge is -2.08. The molecule has 0 fully saturated rings. The first kappa shape index (κ1) is 13.4. The van der Waals surface area contributed by atoms with Crippen LogP contribution in [0.4, 0.5) is 0 Å². The summed E-state index contributed by atoms with van der Waals surface area (Å²) in [4.78, 5) is 0. The molecule has 0 saturated carbocycles. The smallest absolute Gasteiger partial charge is 0.250 e. The molecule has 3 N–H and O–H groups in total. The van der Waals surface area contributed by atoms with Crippen molar-refractivity contribution in [3.63, 3.8) is 0 Å². The number of aromatic nitrogens is 2. The van der Waals surface area contributed by atoms with Gasteiger partial charge in [-0.1, -0.05) is 28.4 Å². The lowest BCUT2D eigenvalue weighted by atomic mass is 10.3. The Balaban J connectivity index is 2.38. The molecule has 0 radical (unpaired) electrons. The van der Waals surface area contributed by atoms with E-state index in [1.807, 2.05) is 0 Å². The Labute approximate surface area is 118 Å². The van der Waals surface area contributed by atoms with Crippen molar-refractivity contribution in [3.8, 4) is 11.6 Å². The van der Waals surface area contributed by atoms with Gasteiger partial charge in [-0.25, -0.2) is 0 Å². The van der Waals surface area contributed by atoms with Crippen LogP contribution in [-0.4, -0.2) is 21.2 Å². The number of rotatable bonds is 3. The van der Waals surface area contributed by atoms with E-state index in [4.69, 9.17) is 38.9 Å². The van der Waals surface area contributed by atoms with Gasteiger partial charge in [-0.15, -0.1) is 5.10 Å². The quantitative estimate of drug-likeness (QED) is 0.393. The molecule has 1 aromatic heterocycles. The second-order valence-corrected chi connectivity index (χ2v) is 4.32. The molecule has 0 saturated heterocycles. The van der Waals surface area contributed by atoms with E-state index in [1.165, 1.54) is 12.3 Å². The molecule has 0 bridgehead atoms. The molecule has 0 aliphatic heterocycles. The van der Waals surface area contributed by atoms with E-state index in [0.29, 0.717) is 21.4 Å². The zero-order valence-corrected chi connectivity index (χ0v) is 10.9. The van der Waals surface area contributed by atoms with E-state index in [0.717, 1.165) is 0 Å². The molecule has 6 nitrogen and oxygen atoms in total. The van der Waals surface area contributed by atoms with Crippen LogP contribution in [0.1, 0.15) is 5.56 Å². The topological polar surface area (TPSA) is 93.6 Å². The van der Waals surface area contributed by atoms with Gasteiger partial charge in [0, 0.05) is 10.0 Å². The normalized spacial score (nSPS) is 11.4. The average molecular weight is 299 g/mol. The first-order valence-corrected chi connectivity index (χ1v) is 5.79. The van der Waals surface area contributed by atoms with Gasteiger partial charge in [-0.3, -0.25) is 0 Å². The summed E-state index contributed by atoms with van der Waals surface area (Å²) in [5.74, 6) is 0.305. The second kappa shape index (κ2) is 5.73.